The molecule has 1 heterocycles. The minimum absolute atomic E-state index is 0.167. The van der Waals surface area contributed by atoms with Gasteiger partial charge in [0, 0.05) is 12.4 Å². The number of amides is 2. The number of nitrogens with one attached hydrogen (secondary N) is 3. The first-order valence-electron chi connectivity index (χ1n) is 5.98. The second-order valence-corrected chi connectivity index (χ2v) is 3.97. The second kappa shape index (κ2) is 7.20. The number of aromatic amines is 1. The molecule has 19 heavy (non-hydrogen) atoms. The molecular weight excluding hydrogens is 248 g/mol. The molecule has 0 radical (unpaired) electrons. The molecule has 0 aliphatic heterocycles. The zero-order chi connectivity index (χ0) is 14.3. The lowest BCUT2D eigenvalue weighted by Gasteiger charge is -2.18. The van der Waals surface area contributed by atoms with Gasteiger partial charge in [0.15, 0.2) is 0 Å². The number of hydrogen-bond donors (Lipinski definition) is 4. The summed E-state index contributed by atoms with van der Waals surface area (Å²) in [6.07, 6.45) is 5.51. The summed E-state index contributed by atoms with van der Waals surface area (Å²) in [7, 11) is 0. The monoisotopic (exact) mass is 266 g/mol. The molecule has 0 saturated heterocycles. The van der Waals surface area contributed by atoms with Gasteiger partial charge in [-0.25, -0.2) is 14.6 Å². The summed E-state index contributed by atoms with van der Waals surface area (Å²) in [4.78, 5) is 29.6. The van der Waals surface area contributed by atoms with E-state index in [0.29, 0.717) is 12.2 Å². The van der Waals surface area contributed by atoms with E-state index >= 15 is 0 Å². The Hall–Kier alpha value is -2.31. The van der Waals surface area contributed by atoms with Crippen molar-refractivity contribution in [2.45, 2.75) is 31.8 Å². The third-order valence-electron chi connectivity index (χ3n) is 2.57. The zero-order valence-electron chi connectivity index (χ0n) is 10.7. The lowest BCUT2D eigenvalue weighted by atomic mass is 10.2. The van der Waals surface area contributed by atoms with Gasteiger partial charge in [-0.05, 0) is 12.8 Å². The van der Waals surface area contributed by atoms with E-state index in [0.717, 1.165) is 0 Å². The number of carboxylic acid groups (broad SMARTS) is 1. The minimum Gasteiger partial charge on any atom is -0.480 e. The Bertz CT molecular complexity index is 430. The topological polar surface area (TPSA) is 107 Å². The molecule has 1 aromatic rings. The molecule has 0 bridgehead atoms. The van der Waals surface area contributed by atoms with Crippen LogP contribution in [0.2, 0.25) is 0 Å². The summed E-state index contributed by atoms with van der Waals surface area (Å²) in [5.41, 5.74) is 0. The highest BCUT2D eigenvalue weighted by atomic mass is 16.4. The van der Waals surface area contributed by atoms with Gasteiger partial charge < -0.3 is 20.7 Å². The van der Waals surface area contributed by atoms with E-state index in [4.69, 9.17) is 5.11 Å². The van der Waals surface area contributed by atoms with E-state index in [2.05, 4.69) is 27.2 Å². The molecule has 0 aliphatic carbocycles. The van der Waals surface area contributed by atoms with Crippen molar-refractivity contribution in [3.8, 4) is 0 Å². The van der Waals surface area contributed by atoms with Gasteiger partial charge in [-0.1, -0.05) is 13.0 Å². The number of urea groups is 1. The van der Waals surface area contributed by atoms with Crippen molar-refractivity contribution in [2.75, 3.05) is 0 Å². The Labute approximate surface area is 111 Å². The van der Waals surface area contributed by atoms with E-state index in [1.165, 1.54) is 6.08 Å². The fraction of sp³-hybridized carbons (Fsp3) is 0.417. The number of rotatable bonds is 7. The van der Waals surface area contributed by atoms with Gasteiger partial charge in [0.2, 0.25) is 0 Å². The molecular formula is C12H18N4O3. The van der Waals surface area contributed by atoms with Crippen molar-refractivity contribution in [1.29, 1.82) is 0 Å². The Morgan fingerprint density at radius 3 is 2.79 bits per heavy atom. The number of aromatic nitrogens is 2. The average Bonchev–Trinajstić information content (AvgIpc) is 2.89. The molecule has 0 fully saturated rings. The maximum absolute atomic E-state index is 11.7. The van der Waals surface area contributed by atoms with E-state index in [9.17, 15) is 9.59 Å². The number of hydrogen-bond acceptors (Lipinski definition) is 3. The Balaban J connectivity index is 2.57. The summed E-state index contributed by atoms with van der Waals surface area (Å²) in [6.45, 7) is 5.35. The molecule has 0 aliphatic rings. The Kier molecular flexibility index (Phi) is 5.59. The quantitative estimate of drug-likeness (QED) is 0.556. The summed E-state index contributed by atoms with van der Waals surface area (Å²) in [5.74, 6) is -0.464. The van der Waals surface area contributed by atoms with Crippen molar-refractivity contribution in [3.05, 3.63) is 30.9 Å². The molecule has 0 saturated carbocycles. The van der Waals surface area contributed by atoms with Crippen LogP contribution < -0.4 is 10.6 Å². The SMILES string of the molecule is C=CCC(NC(=O)NC(CC)c1ncc[nH]1)C(=O)O. The molecule has 2 atom stereocenters. The number of carboxylic acids is 1. The maximum atomic E-state index is 11.7. The van der Waals surface area contributed by atoms with Crippen LogP contribution in [0.5, 0.6) is 0 Å². The van der Waals surface area contributed by atoms with Crippen molar-refractivity contribution in [3.63, 3.8) is 0 Å². The largest absolute Gasteiger partial charge is 0.480 e. The maximum Gasteiger partial charge on any atom is 0.326 e. The fourth-order valence-corrected chi connectivity index (χ4v) is 1.58. The molecule has 7 heteroatoms. The molecule has 1 rings (SSSR count). The smallest absolute Gasteiger partial charge is 0.326 e. The van der Waals surface area contributed by atoms with Crippen LogP contribution in [0.1, 0.15) is 31.6 Å². The van der Waals surface area contributed by atoms with Crippen LogP contribution in [0.3, 0.4) is 0 Å². The predicted molar refractivity (Wildman–Crippen MR) is 69.5 cm³/mol. The van der Waals surface area contributed by atoms with Crippen LogP contribution in [-0.4, -0.2) is 33.1 Å². The number of nitrogens with zero attached hydrogens (tertiary/aromatic N) is 1. The highest BCUT2D eigenvalue weighted by molar-refractivity contribution is 5.82. The minimum atomic E-state index is -1.10. The van der Waals surface area contributed by atoms with Crippen molar-refractivity contribution in [1.82, 2.24) is 20.6 Å². The van der Waals surface area contributed by atoms with Crippen molar-refractivity contribution >= 4 is 12.0 Å². The Morgan fingerprint density at radius 1 is 1.58 bits per heavy atom. The van der Waals surface area contributed by atoms with E-state index in [1.807, 2.05) is 6.92 Å². The molecule has 104 valence electrons. The summed E-state index contributed by atoms with van der Waals surface area (Å²) >= 11 is 0. The lowest BCUT2D eigenvalue weighted by Crippen LogP contribution is -2.46. The number of aliphatic carboxylic acids is 1. The van der Waals surface area contributed by atoms with Crippen LogP contribution in [0.15, 0.2) is 25.0 Å². The van der Waals surface area contributed by atoms with Gasteiger partial charge >= 0.3 is 12.0 Å². The van der Waals surface area contributed by atoms with Crippen LogP contribution in [0.25, 0.3) is 0 Å². The number of H-pyrrole nitrogens is 1. The van der Waals surface area contributed by atoms with Crippen molar-refractivity contribution in [2.24, 2.45) is 0 Å². The summed E-state index contributed by atoms with van der Waals surface area (Å²) in [6, 6.07) is -1.81. The van der Waals surface area contributed by atoms with Gasteiger partial charge in [0.1, 0.15) is 11.9 Å². The normalized spacial score (nSPS) is 13.3. The standard InChI is InChI=1S/C12H18N4O3/c1-3-5-9(11(17)18)16-12(19)15-8(4-2)10-13-6-7-14-10/h3,6-9H,1,4-5H2,2H3,(H,13,14)(H,17,18)(H2,15,16,19). The average molecular weight is 266 g/mol. The first kappa shape index (κ1) is 14.7. The number of carbonyl (C=O) groups excluding carboxylic acids is 1. The lowest BCUT2D eigenvalue weighted by molar-refractivity contribution is -0.139. The summed E-state index contributed by atoms with van der Waals surface area (Å²) in [5, 5.41) is 14.0. The van der Waals surface area contributed by atoms with Gasteiger partial charge in [-0.3, -0.25) is 0 Å². The molecule has 1 aromatic heterocycles. The third kappa shape index (κ3) is 4.46. The number of imidazole rings is 1. The van der Waals surface area contributed by atoms with Gasteiger partial charge in [-0.15, -0.1) is 6.58 Å². The van der Waals surface area contributed by atoms with Crippen LogP contribution in [0.4, 0.5) is 4.79 Å². The molecule has 0 aromatic carbocycles. The molecule has 0 spiro atoms. The summed E-state index contributed by atoms with van der Waals surface area (Å²) < 4.78 is 0. The van der Waals surface area contributed by atoms with Gasteiger partial charge in [-0.2, -0.15) is 0 Å². The second-order valence-electron chi connectivity index (χ2n) is 3.97. The van der Waals surface area contributed by atoms with Gasteiger partial charge in [0.25, 0.3) is 0 Å². The Morgan fingerprint density at radius 2 is 2.32 bits per heavy atom. The van der Waals surface area contributed by atoms with Crippen LogP contribution >= 0.6 is 0 Å². The van der Waals surface area contributed by atoms with Gasteiger partial charge in [0.05, 0.1) is 6.04 Å². The van der Waals surface area contributed by atoms with Crippen LogP contribution in [0, 0.1) is 0 Å². The number of carbonyl (C=O) groups is 2. The van der Waals surface area contributed by atoms with E-state index in [-0.39, 0.29) is 12.5 Å². The molecule has 4 N–H and O–H groups in total. The van der Waals surface area contributed by atoms with Crippen molar-refractivity contribution < 1.29 is 14.7 Å². The third-order valence-corrected chi connectivity index (χ3v) is 2.57. The van der Waals surface area contributed by atoms with E-state index < -0.39 is 18.0 Å². The first-order valence-corrected chi connectivity index (χ1v) is 5.98. The predicted octanol–water partition coefficient (Wildman–Crippen LogP) is 1.19. The molecule has 2 unspecified atom stereocenters. The highest BCUT2D eigenvalue weighted by Crippen LogP contribution is 2.10. The highest BCUT2D eigenvalue weighted by Gasteiger charge is 2.20. The fourth-order valence-electron chi connectivity index (χ4n) is 1.58. The van der Waals surface area contributed by atoms with E-state index in [1.54, 1.807) is 12.4 Å². The zero-order valence-corrected chi connectivity index (χ0v) is 10.7. The first-order chi connectivity index (χ1) is 9.08. The van der Waals surface area contributed by atoms with Crippen LogP contribution in [-0.2, 0) is 4.79 Å². The molecule has 7 nitrogen and oxygen atoms in total. The molecule has 2 amide bonds.